The van der Waals surface area contributed by atoms with E-state index in [4.69, 9.17) is 0 Å². The van der Waals surface area contributed by atoms with Crippen LogP contribution in [-0.4, -0.2) is 0 Å². The number of hydrogen-bond acceptors (Lipinski definition) is 0. The summed E-state index contributed by atoms with van der Waals surface area (Å²) in [5.41, 5.74) is 0. The van der Waals surface area contributed by atoms with Crippen LogP contribution in [0.5, 0.6) is 0 Å². The molecule has 1 aliphatic rings. The summed E-state index contributed by atoms with van der Waals surface area (Å²) in [6.45, 7) is 14.5. The molecule has 0 radical (unpaired) electrons. The van der Waals surface area contributed by atoms with Gasteiger partial charge >= 0.3 is 0 Å². The lowest BCUT2D eigenvalue weighted by atomic mass is 9.88. The van der Waals surface area contributed by atoms with Crippen LogP contribution in [0.3, 0.4) is 0 Å². The SMILES string of the molecule is CCC(C)CC(C)CCC(C)C1C(C)C1CC. The predicted octanol–water partition coefficient (Wildman–Crippen LogP) is 5.77. The van der Waals surface area contributed by atoms with E-state index in [2.05, 4.69) is 41.5 Å². The molecule has 0 saturated heterocycles. The fourth-order valence-electron chi connectivity index (χ4n) is 3.88. The van der Waals surface area contributed by atoms with E-state index in [1.807, 2.05) is 0 Å². The lowest BCUT2D eigenvalue weighted by Gasteiger charge is -2.18. The van der Waals surface area contributed by atoms with E-state index in [9.17, 15) is 0 Å². The zero-order valence-corrected chi connectivity index (χ0v) is 13.0. The third-order valence-electron chi connectivity index (χ3n) is 5.38. The van der Waals surface area contributed by atoms with Gasteiger partial charge in [0.2, 0.25) is 0 Å². The lowest BCUT2D eigenvalue weighted by Crippen LogP contribution is -2.07. The smallest absolute Gasteiger partial charge is 0.0329 e. The molecule has 1 aliphatic carbocycles. The molecule has 0 aromatic rings. The average Bonchev–Trinajstić information content (AvgIpc) is 2.96. The molecule has 17 heavy (non-hydrogen) atoms. The molecule has 1 saturated carbocycles. The molecule has 0 bridgehead atoms. The third-order valence-corrected chi connectivity index (χ3v) is 5.38. The van der Waals surface area contributed by atoms with Crippen molar-refractivity contribution < 1.29 is 0 Å². The highest BCUT2D eigenvalue weighted by Crippen LogP contribution is 2.53. The van der Waals surface area contributed by atoms with E-state index in [1.165, 1.54) is 32.1 Å². The van der Waals surface area contributed by atoms with Gasteiger partial charge in [0, 0.05) is 0 Å². The summed E-state index contributed by atoms with van der Waals surface area (Å²) in [5.74, 6) is 5.94. The Labute approximate surface area is 110 Å². The molecular weight excluding hydrogens is 204 g/mol. The molecular formula is C17H34. The van der Waals surface area contributed by atoms with Crippen molar-refractivity contribution >= 4 is 0 Å². The second-order valence-electron chi connectivity index (χ2n) is 6.92. The second-order valence-corrected chi connectivity index (χ2v) is 6.92. The van der Waals surface area contributed by atoms with Crippen LogP contribution in [0.4, 0.5) is 0 Å². The van der Waals surface area contributed by atoms with Crippen molar-refractivity contribution in [3.63, 3.8) is 0 Å². The standard InChI is InChI=1S/C17H34/c1-7-12(3)11-13(4)9-10-14(5)17-15(6)16(17)8-2/h12-17H,7-11H2,1-6H3. The minimum absolute atomic E-state index is 0.920. The van der Waals surface area contributed by atoms with E-state index >= 15 is 0 Å². The molecule has 0 amide bonds. The van der Waals surface area contributed by atoms with E-state index in [1.54, 1.807) is 0 Å². The molecule has 6 unspecified atom stereocenters. The first kappa shape index (κ1) is 15.1. The summed E-state index contributed by atoms with van der Waals surface area (Å²) >= 11 is 0. The molecule has 0 N–H and O–H groups in total. The van der Waals surface area contributed by atoms with Crippen molar-refractivity contribution in [3.05, 3.63) is 0 Å². The van der Waals surface area contributed by atoms with Crippen LogP contribution >= 0.6 is 0 Å². The Balaban J connectivity index is 2.18. The zero-order valence-electron chi connectivity index (χ0n) is 13.0. The summed E-state index contributed by atoms with van der Waals surface area (Å²) in [7, 11) is 0. The van der Waals surface area contributed by atoms with Gasteiger partial charge in [-0.25, -0.2) is 0 Å². The van der Waals surface area contributed by atoms with Crippen LogP contribution < -0.4 is 0 Å². The Morgan fingerprint density at radius 2 is 1.59 bits per heavy atom. The largest absolute Gasteiger partial charge is 0.0651 e. The van der Waals surface area contributed by atoms with Crippen molar-refractivity contribution in [1.82, 2.24) is 0 Å². The quantitative estimate of drug-likeness (QED) is 0.504. The Morgan fingerprint density at radius 3 is 2.06 bits per heavy atom. The first-order chi connectivity index (χ1) is 8.01. The fourth-order valence-corrected chi connectivity index (χ4v) is 3.88. The van der Waals surface area contributed by atoms with Gasteiger partial charge in [-0.1, -0.05) is 67.2 Å². The van der Waals surface area contributed by atoms with Crippen molar-refractivity contribution in [3.8, 4) is 0 Å². The van der Waals surface area contributed by atoms with Crippen molar-refractivity contribution in [2.75, 3.05) is 0 Å². The summed E-state index contributed by atoms with van der Waals surface area (Å²) in [6.07, 6.45) is 7.09. The number of rotatable bonds is 8. The van der Waals surface area contributed by atoms with E-state index in [0.29, 0.717) is 0 Å². The summed E-state index contributed by atoms with van der Waals surface area (Å²) in [4.78, 5) is 0. The van der Waals surface area contributed by atoms with Crippen molar-refractivity contribution in [2.45, 2.75) is 73.6 Å². The van der Waals surface area contributed by atoms with Gasteiger partial charge in [-0.2, -0.15) is 0 Å². The normalized spacial score (nSPS) is 33.2. The van der Waals surface area contributed by atoms with Gasteiger partial charge in [-0.05, 0) is 41.9 Å². The molecule has 0 heteroatoms. The van der Waals surface area contributed by atoms with Gasteiger partial charge in [0.15, 0.2) is 0 Å². The van der Waals surface area contributed by atoms with Gasteiger partial charge in [-0.15, -0.1) is 0 Å². The minimum atomic E-state index is 0.920. The summed E-state index contributed by atoms with van der Waals surface area (Å²) in [5, 5.41) is 0. The third kappa shape index (κ3) is 4.30. The van der Waals surface area contributed by atoms with Gasteiger partial charge < -0.3 is 0 Å². The summed E-state index contributed by atoms with van der Waals surface area (Å²) < 4.78 is 0. The Bertz CT molecular complexity index is 208. The molecule has 0 aromatic heterocycles. The molecule has 0 nitrogen and oxygen atoms in total. The highest BCUT2D eigenvalue weighted by molar-refractivity contribution is 4.95. The van der Waals surface area contributed by atoms with Crippen LogP contribution in [0.2, 0.25) is 0 Å². The maximum atomic E-state index is 2.49. The molecule has 0 aliphatic heterocycles. The molecule has 0 heterocycles. The van der Waals surface area contributed by atoms with Gasteiger partial charge in [-0.3, -0.25) is 0 Å². The number of hydrogen-bond donors (Lipinski definition) is 0. The Kier molecular flexibility index (Phi) is 6.03. The maximum absolute atomic E-state index is 2.49. The van der Waals surface area contributed by atoms with Crippen molar-refractivity contribution in [1.29, 1.82) is 0 Å². The predicted molar refractivity (Wildman–Crippen MR) is 78.1 cm³/mol. The molecule has 0 aromatic carbocycles. The van der Waals surface area contributed by atoms with E-state index in [-0.39, 0.29) is 0 Å². The van der Waals surface area contributed by atoms with Crippen LogP contribution in [0, 0.1) is 35.5 Å². The summed E-state index contributed by atoms with van der Waals surface area (Å²) in [6, 6.07) is 0. The zero-order chi connectivity index (χ0) is 13.0. The molecule has 1 fully saturated rings. The van der Waals surface area contributed by atoms with Crippen LogP contribution in [-0.2, 0) is 0 Å². The van der Waals surface area contributed by atoms with Crippen molar-refractivity contribution in [2.24, 2.45) is 35.5 Å². The first-order valence-corrected chi connectivity index (χ1v) is 8.01. The van der Waals surface area contributed by atoms with Crippen LogP contribution in [0.1, 0.15) is 73.6 Å². The Morgan fingerprint density at radius 1 is 0.941 bits per heavy atom. The van der Waals surface area contributed by atoms with Gasteiger partial charge in [0.1, 0.15) is 0 Å². The van der Waals surface area contributed by atoms with E-state index in [0.717, 1.165) is 35.5 Å². The molecule has 6 atom stereocenters. The monoisotopic (exact) mass is 238 g/mol. The topological polar surface area (TPSA) is 0 Å². The van der Waals surface area contributed by atoms with E-state index < -0.39 is 0 Å². The lowest BCUT2D eigenvalue weighted by molar-refractivity contribution is 0.333. The molecule has 102 valence electrons. The van der Waals surface area contributed by atoms with Gasteiger partial charge in [0.05, 0.1) is 0 Å². The molecule has 1 rings (SSSR count). The average molecular weight is 238 g/mol. The highest BCUT2D eigenvalue weighted by atomic mass is 14.5. The van der Waals surface area contributed by atoms with Gasteiger partial charge in [0.25, 0.3) is 0 Å². The van der Waals surface area contributed by atoms with Crippen LogP contribution in [0.15, 0.2) is 0 Å². The first-order valence-electron chi connectivity index (χ1n) is 8.01. The highest BCUT2D eigenvalue weighted by Gasteiger charge is 2.47. The second kappa shape index (κ2) is 6.81. The maximum Gasteiger partial charge on any atom is -0.0329 e. The fraction of sp³-hybridized carbons (Fsp3) is 1.00. The molecule has 0 spiro atoms. The van der Waals surface area contributed by atoms with Crippen LogP contribution in [0.25, 0.3) is 0 Å². The Hall–Kier alpha value is 0. The minimum Gasteiger partial charge on any atom is -0.0651 e.